The molecular weight excluding hydrogens is 264 g/mol. The summed E-state index contributed by atoms with van der Waals surface area (Å²) in [7, 11) is 1.59. The Balaban J connectivity index is 2.55. The average Bonchev–Trinajstić information content (AvgIpc) is 2.47. The lowest BCUT2D eigenvalue weighted by atomic mass is 9.96. The lowest BCUT2D eigenvalue weighted by molar-refractivity contribution is -0.130. The van der Waals surface area contributed by atoms with E-state index in [-0.39, 0.29) is 5.57 Å². The van der Waals surface area contributed by atoms with E-state index in [0.29, 0.717) is 5.75 Å². The summed E-state index contributed by atoms with van der Waals surface area (Å²) in [4.78, 5) is 11.6. The number of benzene rings is 2. The number of aliphatic carboxylic acids is 1. The summed E-state index contributed by atoms with van der Waals surface area (Å²) in [6, 6.07) is 13.2. The molecule has 2 aromatic rings. The van der Waals surface area contributed by atoms with E-state index in [2.05, 4.69) is 0 Å². The van der Waals surface area contributed by atoms with Crippen molar-refractivity contribution >= 4 is 17.6 Å². The first-order valence-corrected chi connectivity index (χ1v) is 6.68. The molecule has 1 N–H and O–H groups in total. The number of hydrogen-bond acceptors (Lipinski definition) is 2. The monoisotopic (exact) mass is 282 g/mol. The third-order valence-corrected chi connectivity index (χ3v) is 3.32. The van der Waals surface area contributed by atoms with Gasteiger partial charge in [0.2, 0.25) is 0 Å². The van der Waals surface area contributed by atoms with Crippen molar-refractivity contribution in [3.8, 4) is 5.75 Å². The van der Waals surface area contributed by atoms with Crippen LogP contribution in [0.2, 0.25) is 0 Å². The molecule has 0 unspecified atom stereocenters. The smallest absolute Gasteiger partial charge is 0.336 e. The summed E-state index contributed by atoms with van der Waals surface area (Å²) in [6.07, 6.45) is 1.67. The Labute approximate surface area is 124 Å². The van der Waals surface area contributed by atoms with Crippen LogP contribution in [0.4, 0.5) is 0 Å². The maximum absolute atomic E-state index is 11.6. The Morgan fingerprint density at radius 2 is 1.90 bits per heavy atom. The Morgan fingerprint density at radius 3 is 2.57 bits per heavy atom. The Kier molecular flexibility index (Phi) is 4.43. The third kappa shape index (κ3) is 3.51. The Morgan fingerprint density at radius 1 is 1.14 bits per heavy atom. The highest BCUT2D eigenvalue weighted by atomic mass is 16.5. The lowest BCUT2D eigenvalue weighted by Gasteiger charge is -2.09. The summed E-state index contributed by atoms with van der Waals surface area (Å²) in [6.45, 7) is 3.87. The van der Waals surface area contributed by atoms with Crippen LogP contribution in [0.3, 0.4) is 0 Å². The van der Waals surface area contributed by atoms with Crippen molar-refractivity contribution in [1.29, 1.82) is 0 Å². The molecule has 0 spiro atoms. The van der Waals surface area contributed by atoms with Gasteiger partial charge in [-0.25, -0.2) is 4.79 Å². The van der Waals surface area contributed by atoms with E-state index in [9.17, 15) is 9.90 Å². The largest absolute Gasteiger partial charge is 0.497 e. The van der Waals surface area contributed by atoms with E-state index >= 15 is 0 Å². The molecule has 0 radical (unpaired) electrons. The maximum Gasteiger partial charge on any atom is 0.336 e. The van der Waals surface area contributed by atoms with Gasteiger partial charge in [-0.05, 0) is 48.7 Å². The normalized spacial score (nSPS) is 11.3. The molecule has 0 aromatic heterocycles. The summed E-state index contributed by atoms with van der Waals surface area (Å²) in [5.74, 6) is -0.235. The van der Waals surface area contributed by atoms with E-state index in [1.165, 1.54) is 0 Å². The maximum atomic E-state index is 11.6. The minimum absolute atomic E-state index is 0.282. The minimum atomic E-state index is -0.938. The lowest BCUT2D eigenvalue weighted by Crippen LogP contribution is -2.02. The van der Waals surface area contributed by atoms with Gasteiger partial charge in [-0.2, -0.15) is 0 Å². The number of rotatable bonds is 4. The van der Waals surface area contributed by atoms with E-state index in [4.69, 9.17) is 4.74 Å². The van der Waals surface area contributed by atoms with Crippen LogP contribution in [-0.4, -0.2) is 18.2 Å². The molecule has 3 heteroatoms. The molecule has 0 aliphatic carbocycles. The molecule has 0 aliphatic heterocycles. The van der Waals surface area contributed by atoms with Crippen molar-refractivity contribution in [3.63, 3.8) is 0 Å². The minimum Gasteiger partial charge on any atom is -0.497 e. The molecule has 0 amide bonds. The molecule has 2 aromatic carbocycles. The van der Waals surface area contributed by atoms with Crippen molar-refractivity contribution in [1.82, 2.24) is 0 Å². The molecule has 108 valence electrons. The van der Waals surface area contributed by atoms with Gasteiger partial charge in [-0.1, -0.05) is 35.9 Å². The van der Waals surface area contributed by atoms with Crippen molar-refractivity contribution in [3.05, 3.63) is 64.7 Å². The molecule has 0 aliphatic rings. The molecule has 0 heterocycles. The van der Waals surface area contributed by atoms with Crippen molar-refractivity contribution < 1.29 is 14.6 Å². The summed E-state index contributed by atoms with van der Waals surface area (Å²) in [5.41, 5.74) is 3.80. The summed E-state index contributed by atoms with van der Waals surface area (Å²) in [5, 5.41) is 9.53. The van der Waals surface area contributed by atoms with E-state index in [1.54, 1.807) is 13.2 Å². The van der Waals surface area contributed by atoms with Gasteiger partial charge in [0, 0.05) is 0 Å². The van der Waals surface area contributed by atoms with Crippen molar-refractivity contribution in [2.75, 3.05) is 7.11 Å². The molecule has 0 saturated carbocycles. The third-order valence-electron chi connectivity index (χ3n) is 3.32. The highest BCUT2D eigenvalue weighted by molar-refractivity contribution is 6.21. The topological polar surface area (TPSA) is 46.5 Å². The predicted molar refractivity (Wildman–Crippen MR) is 84.4 cm³/mol. The molecular formula is C18H18O3. The van der Waals surface area contributed by atoms with Gasteiger partial charge in [0.15, 0.2) is 0 Å². The van der Waals surface area contributed by atoms with Crippen LogP contribution >= 0.6 is 0 Å². The van der Waals surface area contributed by atoms with Gasteiger partial charge in [0.25, 0.3) is 0 Å². The van der Waals surface area contributed by atoms with Crippen molar-refractivity contribution in [2.45, 2.75) is 13.8 Å². The van der Waals surface area contributed by atoms with Crippen LogP contribution in [0.25, 0.3) is 11.6 Å². The molecule has 3 nitrogen and oxygen atoms in total. The van der Waals surface area contributed by atoms with E-state index in [0.717, 1.165) is 22.3 Å². The summed E-state index contributed by atoms with van der Waals surface area (Å²) >= 11 is 0. The fraction of sp³-hybridized carbons (Fsp3) is 0.167. The molecule has 0 saturated heterocycles. The van der Waals surface area contributed by atoms with Crippen LogP contribution in [0.5, 0.6) is 5.75 Å². The van der Waals surface area contributed by atoms with Gasteiger partial charge in [-0.3, -0.25) is 0 Å². The molecule has 2 rings (SSSR count). The molecule has 0 fully saturated rings. The second-order valence-electron chi connectivity index (χ2n) is 4.96. The SMILES string of the molecule is COc1cccc(/C=C(\C(=O)O)c2cc(C)ccc2C)c1. The number of carboxylic acids is 1. The first-order valence-electron chi connectivity index (χ1n) is 6.68. The van der Waals surface area contributed by atoms with Crippen LogP contribution in [0.1, 0.15) is 22.3 Å². The second-order valence-corrected chi connectivity index (χ2v) is 4.96. The zero-order chi connectivity index (χ0) is 15.4. The highest BCUT2D eigenvalue weighted by Crippen LogP contribution is 2.24. The molecule has 0 atom stereocenters. The standard InChI is InChI=1S/C18H18O3/c1-12-7-8-13(2)16(9-12)17(18(19)20)11-14-5-4-6-15(10-14)21-3/h4-11H,1-3H3,(H,19,20)/b17-11-. The first-order chi connectivity index (χ1) is 10.0. The fourth-order valence-corrected chi connectivity index (χ4v) is 2.18. The number of hydrogen-bond donors (Lipinski definition) is 1. The van der Waals surface area contributed by atoms with Crippen molar-refractivity contribution in [2.24, 2.45) is 0 Å². The van der Waals surface area contributed by atoms with Gasteiger partial charge in [0.1, 0.15) is 5.75 Å². The van der Waals surface area contributed by atoms with Crippen LogP contribution in [0.15, 0.2) is 42.5 Å². The number of carbonyl (C=O) groups is 1. The number of ether oxygens (including phenoxy) is 1. The van der Waals surface area contributed by atoms with Gasteiger partial charge in [0.05, 0.1) is 12.7 Å². The molecule has 21 heavy (non-hydrogen) atoms. The van der Waals surface area contributed by atoms with Gasteiger partial charge >= 0.3 is 5.97 Å². The van der Waals surface area contributed by atoms with Gasteiger partial charge in [-0.15, -0.1) is 0 Å². The van der Waals surface area contributed by atoms with Crippen LogP contribution in [-0.2, 0) is 4.79 Å². The van der Waals surface area contributed by atoms with E-state index in [1.807, 2.05) is 56.3 Å². The second kappa shape index (κ2) is 6.27. The Hall–Kier alpha value is -2.55. The van der Waals surface area contributed by atoms with E-state index < -0.39 is 5.97 Å². The van der Waals surface area contributed by atoms with Crippen LogP contribution < -0.4 is 4.74 Å². The first kappa shape index (κ1) is 14.9. The average molecular weight is 282 g/mol. The zero-order valence-electron chi connectivity index (χ0n) is 12.4. The Bertz CT molecular complexity index is 699. The van der Waals surface area contributed by atoms with Crippen LogP contribution in [0, 0.1) is 13.8 Å². The number of carboxylic acid groups (broad SMARTS) is 1. The predicted octanol–water partition coefficient (Wildman–Crippen LogP) is 3.94. The number of methoxy groups -OCH3 is 1. The zero-order valence-corrected chi connectivity index (χ0v) is 12.4. The quantitative estimate of drug-likeness (QED) is 0.682. The highest BCUT2D eigenvalue weighted by Gasteiger charge is 2.13. The fourth-order valence-electron chi connectivity index (χ4n) is 2.18. The van der Waals surface area contributed by atoms with Gasteiger partial charge < -0.3 is 9.84 Å². The summed E-state index contributed by atoms with van der Waals surface area (Å²) < 4.78 is 5.17. The molecule has 0 bridgehead atoms. The number of aryl methyl sites for hydroxylation is 2.